The molecule has 0 fully saturated rings. The van der Waals surface area contributed by atoms with Crippen LogP contribution in [0.4, 0.5) is 4.39 Å². The van der Waals surface area contributed by atoms with E-state index in [1.807, 2.05) is 42.5 Å². The first-order chi connectivity index (χ1) is 16.7. The van der Waals surface area contributed by atoms with Gasteiger partial charge in [-0.1, -0.05) is 111 Å². The van der Waals surface area contributed by atoms with Gasteiger partial charge in [-0.25, -0.2) is 4.39 Å². The maximum absolute atomic E-state index is 15.3. The zero-order valence-corrected chi connectivity index (χ0v) is 20.3. The zero-order chi connectivity index (χ0) is 23.8. The van der Waals surface area contributed by atoms with E-state index in [0.29, 0.717) is 17.5 Å². The van der Waals surface area contributed by atoms with E-state index in [4.69, 9.17) is 5.73 Å². The molecule has 0 spiro atoms. The van der Waals surface area contributed by atoms with Crippen molar-refractivity contribution in [3.63, 3.8) is 0 Å². The normalized spacial score (nSPS) is 11.3. The molecule has 0 bridgehead atoms. The van der Waals surface area contributed by atoms with Crippen molar-refractivity contribution in [3.05, 3.63) is 107 Å². The Morgan fingerprint density at radius 3 is 1.94 bits per heavy atom. The minimum atomic E-state index is -0.158. The molecule has 4 aromatic rings. The Bertz CT molecular complexity index is 1190. The second-order valence-electron chi connectivity index (χ2n) is 9.36. The number of rotatable bonds is 11. The molecule has 0 amide bonds. The molecule has 0 saturated heterocycles. The fraction of sp³-hybridized carbons (Fsp3) is 0.312. The summed E-state index contributed by atoms with van der Waals surface area (Å²) in [6.45, 7) is 2.75. The molecule has 0 aliphatic carbocycles. The predicted molar refractivity (Wildman–Crippen MR) is 144 cm³/mol. The monoisotopic (exact) mass is 453 g/mol. The Labute approximate surface area is 203 Å². The van der Waals surface area contributed by atoms with Crippen molar-refractivity contribution >= 4 is 10.8 Å². The van der Waals surface area contributed by atoms with Crippen LogP contribution < -0.4 is 5.73 Å². The largest absolute Gasteiger partial charge is 0.326 e. The van der Waals surface area contributed by atoms with Crippen LogP contribution in [-0.4, -0.2) is 0 Å². The number of halogens is 1. The molecule has 4 aromatic carbocycles. The summed E-state index contributed by atoms with van der Waals surface area (Å²) < 4.78 is 15.3. The first-order valence-corrected chi connectivity index (χ1v) is 12.8. The molecule has 4 rings (SSSR count). The highest BCUT2D eigenvalue weighted by molar-refractivity contribution is 5.88. The van der Waals surface area contributed by atoms with Gasteiger partial charge >= 0.3 is 0 Å². The average molecular weight is 454 g/mol. The number of aryl methyl sites for hydroxylation is 3. The lowest BCUT2D eigenvalue weighted by Crippen LogP contribution is -1.96. The average Bonchev–Trinajstić information content (AvgIpc) is 2.88. The van der Waals surface area contributed by atoms with Crippen LogP contribution in [-0.2, 0) is 25.8 Å². The van der Waals surface area contributed by atoms with Crippen LogP contribution in [0, 0.1) is 5.82 Å². The van der Waals surface area contributed by atoms with Gasteiger partial charge in [-0.15, -0.1) is 0 Å². The summed E-state index contributed by atoms with van der Waals surface area (Å²) >= 11 is 0. The van der Waals surface area contributed by atoms with Crippen LogP contribution in [0.25, 0.3) is 21.9 Å². The van der Waals surface area contributed by atoms with Gasteiger partial charge in [0.15, 0.2) is 0 Å². The van der Waals surface area contributed by atoms with Crippen molar-refractivity contribution in [2.45, 2.75) is 64.8 Å². The maximum atomic E-state index is 15.3. The number of nitrogens with two attached hydrogens (primary N) is 1. The highest BCUT2D eigenvalue weighted by Crippen LogP contribution is 2.30. The van der Waals surface area contributed by atoms with Crippen LogP contribution in [0.5, 0.6) is 0 Å². The zero-order valence-electron chi connectivity index (χ0n) is 20.3. The van der Waals surface area contributed by atoms with Crippen LogP contribution in [0.2, 0.25) is 0 Å². The maximum Gasteiger partial charge on any atom is 0.138 e. The Morgan fingerprint density at radius 1 is 0.618 bits per heavy atom. The molecule has 0 atom stereocenters. The third-order valence-electron chi connectivity index (χ3n) is 6.81. The standard InChI is InChI=1S/C32H36FN/c1-2-3-4-5-6-7-24-8-10-25(11-9-24)12-13-26-16-20-31-29(22-26)19-21-30(32(31)33)28-17-14-27(23-34)15-18-28/h8-11,14-22H,2-7,12-13,23,34H2,1H3. The molecular formula is C32H36FN. The van der Waals surface area contributed by atoms with Crippen LogP contribution in [0.1, 0.15) is 61.3 Å². The van der Waals surface area contributed by atoms with Crippen molar-refractivity contribution in [2.24, 2.45) is 5.73 Å². The summed E-state index contributed by atoms with van der Waals surface area (Å²) in [4.78, 5) is 0. The molecule has 0 radical (unpaired) electrons. The molecule has 34 heavy (non-hydrogen) atoms. The Balaban J connectivity index is 1.38. The number of benzene rings is 4. The molecule has 0 saturated carbocycles. The Hall–Kier alpha value is -2.97. The SMILES string of the molecule is CCCCCCCc1ccc(CCc2ccc3c(F)c(-c4ccc(CN)cc4)ccc3c2)cc1. The second kappa shape index (κ2) is 11.9. The van der Waals surface area contributed by atoms with E-state index in [0.717, 1.165) is 29.4 Å². The third-order valence-corrected chi connectivity index (χ3v) is 6.81. The molecule has 176 valence electrons. The van der Waals surface area contributed by atoms with Crippen molar-refractivity contribution in [1.82, 2.24) is 0 Å². The van der Waals surface area contributed by atoms with Crippen LogP contribution in [0.3, 0.4) is 0 Å². The molecule has 2 heteroatoms. The molecule has 2 N–H and O–H groups in total. The van der Waals surface area contributed by atoms with E-state index in [9.17, 15) is 0 Å². The minimum absolute atomic E-state index is 0.158. The van der Waals surface area contributed by atoms with E-state index < -0.39 is 0 Å². The first kappa shape index (κ1) is 24.2. The number of fused-ring (bicyclic) bond motifs is 1. The van der Waals surface area contributed by atoms with Crippen LogP contribution >= 0.6 is 0 Å². The number of hydrogen-bond donors (Lipinski definition) is 1. The van der Waals surface area contributed by atoms with Crippen molar-refractivity contribution in [2.75, 3.05) is 0 Å². The lowest BCUT2D eigenvalue weighted by Gasteiger charge is -2.10. The lowest BCUT2D eigenvalue weighted by molar-refractivity contribution is 0.632. The van der Waals surface area contributed by atoms with Gasteiger partial charge in [0.2, 0.25) is 0 Å². The van der Waals surface area contributed by atoms with Gasteiger partial charge in [0, 0.05) is 17.5 Å². The smallest absolute Gasteiger partial charge is 0.138 e. The molecule has 0 aliphatic heterocycles. The highest BCUT2D eigenvalue weighted by Gasteiger charge is 2.10. The first-order valence-electron chi connectivity index (χ1n) is 12.8. The fourth-order valence-electron chi connectivity index (χ4n) is 4.63. The molecular weight excluding hydrogens is 417 g/mol. The lowest BCUT2D eigenvalue weighted by atomic mass is 9.96. The van der Waals surface area contributed by atoms with Gasteiger partial charge in [-0.05, 0) is 58.9 Å². The second-order valence-corrected chi connectivity index (χ2v) is 9.36. The van der Waals surface area contributed by atoms with Gasteiger partial charge in [0.05, 0.1) is 0 Å². The van der Waals surface area contributed by atoms with Crippen LogP contribution in [0.15, 0.2) is 78.9 Å². The summed E-state index contributed by atoms with van der Waals surface area (Å²) in [5, 5.41) is 1.63. The predicted octanol–water partition coefficient (Wildman–Crippen LogP) is 8.40. The van der Waals surface area contributed by atoms with Gasteiger partial charge < -0.3 is 5.73 Å². The van der Waals surface area contributed by atoms with E-state index in [1.54, 1.807) is 0 Å². The fourth-order valence-corrected chi connectivity index (χ4v) is 4.63. The molecule has 0 aromatic heterocycles. The quantitative estimate of drug-likeness (QED) is 0.227. The topological polar surface area (TPSA) is 26.0 Å². The summed E-state index contributed by atoms with van der Waals surface area (Å²) in [7, 11) is 0. The third kappa shape index (κ3) is 6.12. The number of unbranched alkanes of at least 4 members (excludes halogenated alkanes) is 4. The number of hydrogen-bond acceptors (Lipinski definition) is 1. The van der Waals surface area contributed by atoms with E-state index in [2.05, 4.69) is 43.3 Å². The molecule has 0 aliphatic rings. The van der Waals surface area contributed by atoms with E-state index in [-0.39, 0.29) is 5.82 Å². The molecule has 0 heterocycles. The van der Waals surface area contributed by atoms with Crippen molar-refractivity contribution < 1.29 is 4.39 Å². The Kier molecular flexibility index (Phi) is 8.49. The van der Waals surface area contributed by atoms with Crippen molar-refractivity contribution in [1.29, 1.82) is 0 Å². The van der Waals surface area contributed by atoms with Gasteiger partial charge in [-0.3, -0.25) is 0 Å². The summed E-state index contributed by atoms with van der Waals surface area (Å²) in [5.41, 5.74) is 12.3. The van der Waals surface area contributed by atoms with Gasteiger partial charge in [-0.2, -0.15) is 0 Å². The van der Waals surface area contributed by atoms with Crippen molar-refractivity contribution in [3.8, 4) is 11.1 Å². The Morgan fingerprint density at radius 2 is 1.24 bits per heavy atom. The minimum Gasteiger partial charge on any atom is -0.326 e. The highest BCUT2D eigenvalue weighted by atomic mass is 19.1. The van der Waals surface area contributed by atoms with Gasteiger partial charge in [0.1, 0.15) is 5.82 Å². The van der Waals surface area contributed by atoms with E-state index in [1.165, 1.54) is 55.2 Å². The van der Waals surface area contributed by atoms with Gasteiger partial charge in [0.25, 0.3) is 0 Å². The summed E-state index contributed by atoms with van der Waals surface area (Å²) in [6, 6.07) is 27.0. The summed E-state index contributed by atoms with van der Waals surface area (Å²) in [5.74, 6) is -0.158. The van der Waals surface area contributed by atoms with E-state index >= 15 is 4.39 Å². The molecule has 0 unspecified atom stereocenters. The molecule has 1 nitrogen and oxygen atoms in total. The summed E-state index contributed by atoms with van der Waals surface area (Å²) in [6.07, 6.45) is 9.75.